The Kier molecular flexibility index (Phi) is 10.9. The smallest absolute Gasteiger partial charge is 0.142 e. The summed E-state index contributed by atoms with van der Waals surface area (Å²) in [4.78, 5) is 2.35. The molecule has 3 aromatic carbocycles. The molecule has 42 heavy (non-hydrogen) atoms. The Morgan fingerprint density at radius 1 is 0.905 bits per heavy atom. The van der Waals surface area contributed by atoms with Crippen LogP contribution in [0.2, 0.25) is 0 Å². The monoisotopic (exact) mass is 578 g/mol. The number of nitrogens with one attached hydrogen (secondary N) is 1. The van der Waals surface area contributed by atoms with E-state index in [0.29, 0.717) is 51.0 Å². The number of methoxy groups -OCH3 is 2. The van der Waals surface area contributed by atoms with Gasteiger partial charge in [-0.15, -0.1) is 0 Å². The van der Waals surface area contributed by atoms with Gasteiger partial charge in [-0.25, -0.2) is 0 Å². The Labute approximate surface area is 248 Å². The highest BCUT2D eigenvalue weighted by Gasteiger charge is 2.34. The molecule has 9 nitrogen and oxygen atoms in total. The maximum atomic E-state index is 11.0. The summed E-state index contributed by atoms with van der Waals surface area (Å²) in [6, 6.07) is 21.7. The maximum absolute atomic E-state index is 11.0. The van der Waals surface area contributed by atoms with E-state index in [2.05, 4.69) is 22.3 Å². The summed E-state index contributed by atoms with van der Waals surface area (Å²) in [7, 11) is 3.38. The van der Waals surface area contributed by atoms with Gasteiger partial charge in [0.25, 0.3) is 0 Å². The number of nitrogens with zero attached hydrogens (tertiary/aromatic N) is 1. The standard InChI is InChI=1S/C33H42N2O7/c1-37-15-4-13-35-14-16-40-31-12-7-24(19-29(31)35)23-41-32-22-34-21-30(36)33(32)25-8-10-26(11-9-25)42-28-6-3-5-27(20-28)39-18-17-38-2/h3,5-12,19-20,30,32-34,36H,4,13-18,21-23H2,1-2H3/t30-,32+,33?/m1/s1. The molecule has 1 fully saturated rings. The van der Waals surface area contributed by atoms with Crippen LogP contribution in [-0.2, 0) is 20.8 Å². The van der Waals surface area contributed by atoms with E-state index in [-0.39, 0.29) is 12.0 Å². The van der Waals surface area contributed by atoms with E-state index in [4.69, 9.17) is 28.4 Å². The minimum Gasteiger partial charge on any atom is -0.491 e. The Bertz CT molecular complexity index is 1260. The van der Waals surface area contributed by atoms with Gasteiger partial charge in [0, 0.05) is 52.4 Å². The van der Waals surface area contributed by atoms with Crippen LogP contribution in [0.25, 0.3) is 0 Å². The average molecular weight is 579 g/mol. The molecule has 0 bridgehead atoms. The second-order valence-corrected chi connectivity index (χ2v) is 10.6. The normalized spacial score (nSPS) is 20.1. The molecule has 0 radical (unpaired) electrons. The van der Waals surface area contributed by atoms with Gasteiger partial charge in [0.1, 0.15) is 36.2 Å². The Hall–Kier alpha value is -3.34. The van der Waals surface area contributed by atoms with Gasteiger partial charge in [-0.1, -0.05) is 24.3 Å². The number of rotatable bonds is 14. The average Bonchev–Trinajstić information content (AvgIpc) is 3.01. The summed E-state index contributed by atoms with van der Waals surface area (Å²) in [5.41, 5.74) is 3.19. The van der Waals surface area contributed by atoms with Crippen molar-refractivity contribution in [2.45, 2.75) is 31.2 Å². The van der Waals surface area contributed by atoms with Crippen molar-refractivity contribution in [3.8, 4) is 23.0 Å². The van der Waals surface area contributed by atoms with Crippen LogP contribution in [0.1, 0.15) is 23.5 Å². The zero-order valence-corrected chi connectivity index (χ0v) is 24.5. The molecule has 2 heterocycles. The summed E-state index contributed by atoms with van der Waals surface area (Å²) in [6.45, 7) is 5.82. The zero-order valence-electron chi connectivity index (χ0n) is 24.5. The first-order valence-corrected chi connectivity index (χ1v) is 14.6. The first kappa shape index (κ1) is 30.1. The van der Waals surface area contributed by atoms with Gasteiger partial charge in [0.15, 0.2) is 0 Å². The minimum absolute atomic E-state index is 0.163. The lowest BCUT2D eigenvalue weighted by Crippen LogP contribution is -2.49. The number of β-amino-alcohol motifs (C(OH)–C–C–N with tert-alkyl or cyclic N) is 1. The molecule has 2 N–H and O–H groups in total. The highest BCUT2D eigenvalue weighted by molar-refractivity contribution is 5.61. The molecule has 1 saturated heterocycles. The van der Waals surface area contributed by atoms with Crippen LogP contribution in [-0.4, -0.2) is 84.1 Å². The molecule has 0 amide bonds. The van der Waals surface area contributed by atoms with Gasteiger partial charge in [-0.2, -0.15) is 0 Å². The molecule has 226 valence electrons. The van der Waals surface area contributed by atoms with Gasteiger partial charge >= 0.3 is 0 Å². The molecule has 3 atom stereocenters. The summed E-state index contributed by atoms with van der Waals surface area (Å²) in [6.07, 6.45) is 0.208. The Morgan fingerprint density at radius 3 is 2.57 bits per heavy atom. The molecule has 0 spiro atoms. The predicted molar refractivity (Wildman–Crippen MR) is 161 cm³/mol. The predicted octanol–water partition coefficient (Wildman–Crippen LogP) is 4.37. The first-order valence-electron chi connectivity index (χ1n) is 14.6. The van der Waals surface area contributed by atoms with Crippen molar-refractivity contribution >= 4 is 5.69 Å². The van der Waals surface area contributed by atoms with Crippen LogP contribution in [0.5, 0.6) is 23.0 Å². The molecule has 9 heteroatoms. The SMILES string of the molecule is COCCCN1CCOc2ccc(CO[C@H]3CNC[C@@H](O)C3c3ccc(Oc4cccc(OCCOC)c4)cc3)cc21. The van der Waals surface area contributed by atoms with Crippen LogP contribution >= 0.6 is 0 Å². The van der Waals surface area contributed by atoms with Gasteiger partial charge in [-0.3, -0.25) is 0 Å². The van der Waals surface area contributed by atoms with Crippen molar-refractivity contribution in [2.75, 3.05) is 71.7 Å². The Balaban J connectivity index is 1.22. The maximum Gasteiger partial charge on any atom is 0.142 e. The molecule has 0 aromatic heterocycles. The summed E-state index contributed by atoms with van der Waals surface area (Å²) in [5.74, 6) is 2.87. The molecule has 3 aromatic rings. The molecule has 2 aliphatic rings. The lowest BCUT2D eigenvalue weighted by atomic mass is 9.85. The molecule has 0 saturated carbocycles. The third kappa shape index (κ3) is 7.93. The van der Waals surface area contributed by atoms with Crippen molar-refractivity contribution < 1.29 is 33.5 Å². The van der Waals surface area contributed by atoms with E-state index in [1.54, 1.807) is 14.2 Å². The third-order valence-electron chi connectivity index (χ3n) is 7.60. The molecule has 2 aliphatic heterocycles. The summed E-state index contributed by atoms with van der Waals surface area (Å²) >= 11 is 0. The number of benzene rings is 3. The highest BCUT2D eigenvalue weighted by atomic mass is 16.5. The number of hydrogen-bond acceptors (Lipinski definition) is 9. The zero-order chi connectivity index (χ0) is 29.1. The second-order valence-electron chi connectivity index (χ2n) is 10.6. The van der Waals surface area contributed by atoms with Crippen molar-refractivity contribution in [1.82, 2.24) is 5.32 Å². The van der Waals surface area contributed by atoms with Crippen LogP contribution in [0, 0.1) is 0 Å². The number of piperidine rings is 1. The van der Waals surface area contributed by atoms with Crippen molar-refractivity contribution in [1.29, 1.82) is 0 Å². The van der Waals surface area contributed by atoms with Gasteiger partial charge in [-0.05, 0) is 53.9 Å². The van der Waals surface area contributed by atoms with Gasteiger partial charge in [0.05, 0.1) is 37.7 Å². The number of hydrogen-bond donors (Lipinski definition) is 2. The van der Waals surface area contributed by atoms with Crippen molar-refractivity contribution in [3.63, 3.8) is 0 Å². The fraction of sp³-hybridized carbons (Fsp3) is 0.455. The van der Waals surface area contributed by atoms with Crippen molar-refractivity contribution in [2.24, 2.45) is 0 Å². The van der Waals surface area contributed by atoms with E-state index in [0.717, 1.165) is 54.4 Å². The van der Waals surface area contributed by atoms with Gasteiger partial charge in [0.2, 0.25) is 0 Å². The fourth-order valence-electron chi connectivity index (χ4n) is 5.48. The summed E-state index contributed by atoms with van der Waals surface area (Å²) in [5, 5.41) is 14.3. The third-order valence-corrected chi connectivity index (χ3v) is 7.60. The topological polar surface area (TPSA) is 90.9 Å². The van der Waals surface area contributed by atoms with Crippen LogP contribution in [0.4, 0.5) is 5.69 Å². The number of ether oxygens (including phenoxy) is 6. The first-order chi connectivity index (χ1) is 20.6. The number of fused-ring (bicyclic) bond motifs is 1. The largest absolute Gasteiger partial charge is 0.491 e. The fourth-order valence-corrected chi connectivity index (χ4v) is 5.48. The second kappa shape index (κ2) is 15.2. The Morgan fingerprint density at radius 2 is 1.74 bits per heavy atom. The van der Waals surface area contributed by atoms with Crippen LogP contribution < -0.4 is 24.4 Å². The number of anilines is 1. The van der Waals surface area contributed by atoms with E-state index in [1.807, 2.05) is 54.6 Å². The summed E-state index contributed by atoms with van der Waals surface area (Å²) < 4.78 is 34.4. The number of aliphatic hydroxyl groups excluding tert-OH is 1. The molecule has 0 aliphatic carbocycles. The minimum atomic E-state index is -0.565. The molecular weight excluding hydrogens is 536 g/mol. The van der Waals surface area contributed by atoms with Crippen molar-refractivity contribution in [3.05, 3.63) is 77.9 Å². The van der Waals surface area contributed by atoms with Gasteiger partial charge < -0.3 is 43.7 Å². The highest BCUT2D eigenvalue weighted by Crippen LogP contribution is 2.35. The van der Waals surface area contributed by atoms with Crippen LogP contribution in [0.3, 0.4) is 0 Å². The van der Waals surface area contributed by atoms with E-state index in [1.165, 1.54) is 0 Å². The van der Waals surface area contributed by atoms with Crippen LogP contribution in [0.15, 0.2) is 66.7 Å². The number of aliphatic hydroxyl groups is 1. The quantitative estimate of drug-likeness (QED) is 0.271. The molecule has 5 rings (SSSR count). The van der Waals surface area contributed by atoms with E-state index >= 15 is 0 Å². The van der Waals surface area contributed by atoms with E-state index < -0.39 is 6.10 Å². The molecule has 1 unspecified atom stereocenters. The van der Waals surface area contributed by atoms with E-state index in [9.17, 15) is 5.11 Å². The lowest BCUT2D eigenvalue weighted by molar-refractivity contribution is -0.0328. The lowest BCUT2D eigenvalue weighted by Gasteiger charge is -2.36. The molecular formula is C33H42N2O7.